The molecule has 0 aromatic heterocycles. The van der Waals surface area contributed by atoms with Crippen molar-refractivity contribution < 1.29 is 4.74 Å². The molecule has 0 aromatic carbocycles. The third-order valence-electron chi connectivity index (χ3n) is 5.22. The lowest BCUT2D eigenvalue weighted by atomic mass is 9.73. The third kappa shape index (κ3) is 0.900. The first-order valence-electron chi connectivity index (χ1n) is 6.30. The van der Waals surface area contributed by atoms with Crippen molar-refractivity contribution in [2.75, 3.05) is 0 Å². The Morgan fingerprint density at radius 1 is 1.21 bits per heavy atom. The molecule has 0 bridgehead atoms. The summed E-state index contributed by atoms with van der Waals surface area (Å²) in [7, 11) is 0. The van der Waals surface area contributed by atoms with Crippen LogP contribution in [0.2, 0.25) is 0 Å². The van der Waals surface area contributed by atoms with E-state index >= 15 is 0 Å². The summed E-state index contributed by atoms with van der Waals surface area (Å²) in [6.45, 7) is 7.00. The summed E-state index contributed by atoms with van der Waals surface area (Å²) in [4.78, 5) is 0. The topological polar surface area (TPSA) is 9.23 Å². The van der Waals surface area contributed by atoms with Crippen molar-refractivity contribution in [3.05, 3.63) is 0 Å². The second kappa shape index (κ2) is 2.55. The van der Waals surface area contributed by atoms with Gasteiger partial charge in [-0.2, -0.15) is 0 Å². The molecule has 4 atom stereocenters. The van der Waals surface area contributed by atoms with Crippen LogP contribution in [0.4, 0.5) is 0 Å². The quantitative estimate of drug-likeness (QED) is 0.622. The Morgan fingerprint density at radius 3 is 2.29 bits per heavy atom. The highest BCUT2D eigenvalue weighted by molar-refractivity contribution is 5.22. The number of fused-ring (bicyclic) bond motifs is 1. The van der Waals surface area contributed by atoms with E-state index in [0.29, 0.717) is 17.6 Å². The predicted molar refractivity (Wildman–Crippen MR) is 57.1 cm³/mol. The van der Waals surface area contributed by atoms with Crippen molar-refractivity contribution in [2.24, 2.45) is 16.7 Å². The van der Waals surface area contributed by atoms with Crippen LogP contribution < -0.4 is 0 Å². The maximum absolute atomic E-state index is 6.16. The first kappa shape index (κ1) is 9.21. The zero-order valence-electron chi connectivity index (χ0n) is 9.68. The molecule has 1 saturated heterocycles. The maximum Gasteiger partial charge on any atom is 0.0640 e. The molecule has 2 saturated carbocycles. The van der Waals surface area contributed by atoms with Crippen LogP contribution in [0.1, 0.15) is 52.9 Å². The van der Waals surface area contributed by atoms with Gasteiger partial charge in [0.25, 0.3) is 0 Å². The van der Waals surface area contributed by atoms with Crippen LogP contribution >= 0.6 is 0 Å². The molecule has 14 heavy (non-hydrogen) atoms. The van der Waals surface area contributed by atoms with Gasteiger partial charge >= 0.3 is 0 Å². The number of rotatable bonds is 1. The Bertz CT molecular complexity index is 256. The minimum absolute atomic E-state index is 0.515. The van der Waals surface area contributed by atoms with Gasteiger partial charge in [0.1, 0.15) is 0 Å². The molecule has 0 N–H and O–H groups in total. The van der Waals surface area contributed by atoms with Gasteiger partial charge in [-0.3, -0.25) is 0 Å². The highest BCUT2D eigenvalue weighted by Gasteiger charge is 2.74. The summed E-state index contributed by atoms with van der Waals surface area (Å²) in [5, 5.41) is 0. The highest BCUT2D eigenvalue weighted by atomic mass is 16.5. The molecule has 1 heterocycles. The maximum atomic E-state index is 6.16. The molecular weight excluding hydrogens is 172 g/mol. The number of hydrogen-bond acceptors (Lipinski definition) is 1. The second-order valence-electron chi connectivity index (χ2n) is 5.97. The first-order valence-corrected chi connectivity index (χ1v) is 6.30. The highest BCUT2D eigenvalue weighted by Crippen LogP contribution is 2.78. The standard InChI is InChI=1S/C13H22O/c1-4-11-13(7-9(13)2)12(5-6-12)8-10(3)14-11/h9-11H,4-8H2,1-3H3/t9-,10+,11+,13?/m1/s1. The van der Waals surface area contributed by atoms with E-state index in [9.17, 15) is 0 Å². The van der Waals surface area contributed by atoms with Crippen molar-refractivity contribution in [3.8, 4) is 0 Å². The fourth-order valence-corrected chi connectivity index (χ4v) is 4.45. The summed E-state index contributed by atoms with van der Waals surface area (Å²) < 4.78 is 6.16. The van der Waals surface area contributed by atoms with E-state index in [0.717, 1.165) is 11.3 Å². The second-order valence-corrected chi connectivity index (χ2v) is 5.97. The Kier molecular flexibility index (Phi) is 1.68. The average Bonchev–Trinajstić information content (AvgIpc) is 3.00. The third-order valence-corrected chi connectivity index (χ3v) is 5.22. The SMILES string of the molecule is CC[C@@H]1O[C@@H](C)CC2(CC2)C12C[C@H]2C. The lowest BCUT2D eigenvalue weighted by molar-refractivity contribution is -0.129. The van der Waals surface area contributed by atoms with Crippen molar-refractivity contribution >= 4 is 0 Å². The van der Waals surface area contributed by atoms with Crippen LogP contribution in [0.15, 0.2) is 0 Å². The van der Waals surface area contributed by atoms with E-state index in [-0.39, 0.29) is 0 Å². The van der Waals surface area contributed by atoms with Gasteiger partial charge < -0.3 is 4.74 Å². The largest absolute Gasteiger partial charge is 0.375 e. The number of hydrogen-bond donors (Lipinski definition) is 0. The van der Waals surface area contributed by atoms with Gasteiger partial charge in [-0.15, -0.1) is 0 Å². The molecule has 0 aromatic rings. The van der Waals surface area contributed by atoms with E-state index in [4.69, 9.17) is 4.74 Å². The van der Waals surface area contributed by atoms with Gasteiger partial charge in [-0.1, -0.05) is 13.8 Å². The summed E-state index contributed by atoms with van der Waals surface area (Å²) >= 11 is 0. The molecule has 1 nitrogen and oxygen atoms in total. The van der Waals surface area contributed by atoms with E-state index in [1.165, 1.54) is 32.1 Å². The minimum atomic E-state index is 0.515. The van der Waals surface area contributed by atoms with Crippen LogP contribution in [0.5, 0.6) is 0 Å². The fraction of sp³-hybridized carbons (Fsp3) is 1.00. The minimum Gasteiger partial charge on any atom is -0.375 e. The van der Waals surface area contributed by atoms with E-state index in [1.807, 2.05) is 0 Å². The molecule has 80 valence electrons. The molecule has 0 amide bonds. The van der Waals surface area contributed by atoms with Crippen LogP contribution in [-0.2, 0) is 4.74 Å². The summed E-state index contributed by atoms with van der Waals surface area (Å²) in [6.07, 6.45) is 8.07. The van der Waals surface area contributed by atoms with Gasteiger partial charge in [-0.25, -0.2) is 0 Å². The van der Waals surface area contributed by atoms with Gasteiger partial charge in [-0.05, 0) is 50.4 Å². The molecule has 3 fully saturated rings. The van der Waals surface area contributed by atoms with Gasteiger partial charge in [0, 0.05) is 5.41 Å². The first-order chi connectivity index (χ1) is 6.64. The predicted octanol–water partition coefficient (Wildman–Crippen LogP) is 3.38. The zero-order chi connectivity index (χ0) is 9.97. The van der Waals surface area contributed by atoms with Gasteiger partial charge in [0.05, 0.1) is 12.2 Å². The molecule has 3 rings (SSSR count). The Hall–Kier alpha value is -0.0400. The molecular formula is C13H22O. The van der Waals surface area contributed by atoms with Crippen LogP contribution in [-0.4, -0.2) is 12.2 Å². The van der Waals surface area contributed by atoms with Crippen molar-refractivity contribution in [2.45, 2.75) is 65.1 Å². The van der Waals surface area contributed by atoms with Crippen LogP contribution in [0, 0.1) is 16.7 Å². The number of ether oxygens (including phenoxy) is 1. The summed E-state index contributed by atoms with van der Waals surface area (Å²) in [5.74, 6) is 0.933. The molecule has 2 aliphatic carbocycles. The van der Waals surface area contributed by atoms with Crippen molar-refractivity contribution in [1.82, 2.24) is 0 Å². The van der Waals surface area contributed by atoms with Crippen LogP contribution in [0.25, 0.3) is 0 Å². The molecule has 1 unspecified atom stereocenters. The normalized spacial score (nSPS) is 53.8. The Morgan fingerprint density at radius 2 is 1.86 bits per heavy atom. The lowest BCUT2D eigenvalue weighted by Crippen LogP contribution is -2.43. The zero-order valence-corrected chi connectivity index (χ0v) is 9.68. The molecule has 0 radical (unpaired) electrons. The van der Waals surface area contributed by atoms with Gasteiger partial charge in [0.15, 0.2) is 0 Å². The van der Waals surface area contributed by atoms with E-state index in [1.54, 1.807) is 0 Å². The van der Waals surface area contributed by atoms with E-state index in [2.05, 4.69) is 20.8 Å². The van der Waals surface area contributed by atoms with Gasteiger partial charge in [0.2, 0.25) is 0 Å². The average molecular weight is 194 g/mol. The van der Waals surface area contributed by atoms with E-state index < -0.39 is 0 Å². The van der Waals surface area contributed by atoms with Crippen molar-refractivity contribution in [3.63, 3.8) is 0 Å². The summed E-state index contributed by atoms with van der Waals surface area (Å²) in [5.41, 5.74) is 1.35. The smallest absolute Gasteiger partial charge is 0.0640 e. The monoisotopic (exact) mass is 194 g/mol. The molecule has 2 spiro atoms. The summed E-state index contributed by atoms with van der Waals surface area (Å²) in [6, 6.07) is 0. The van der Waals surface area contributed by atoms with Crippen molar-refractivity contribution in [1.29, 1.82) is 0 Å². The van der Waals surface area contributed by atoms with Crippen LogP contribution in [0.3, 0.4) is 0 Å². The Balaban J connectivity index is 1.91. The Labute approximate surface area is 87.2 Å². The molecule has 1 aliphatic heterocycles. The lowest BCUT2D eigenvalue weighted by Gasteiger charge is -2.43. The molecule has 3 aliphatic rings. The molecule has 1 heteroatoms. The fourth-order valence-electron chi connectivity index (χ4n) is 4.45.